The predicted octanol–water partition coefficient (Wildman–Crippen LogP) is 2.84. The Labute approximate surface area is 111 Å². The van der Waals surface area contributed by atoms with Crippen molar-refractivity contribution < 1.29 is 0 Å². The molecule has 0 aliphatic heterocycles. The van der Waals surface area contributed by atoms with E-state index in [1.54, 1.807) is 0 Å². The lowest BCUT2D eigenvalue weighted by Gasteiger charge is -2.24. The molecule has 0 fully saturated rings. The molecule has 3 nitrogen and oxygen atoms in total. The molecule has 1 rings (SSSR count). The highest BCUT2D eigenvalue weighted by atomic mass is 15.1. The monoisotopic (exact) mass is 247 g/mol. The Kier molecular flexibility index (Phi) is 6.44. The van der Waals surface area contributed by atoms with E-state index in [1.165, 1.54) is 11.3 Å². The van der Waals surface area contributed by atoms with Gasteiger partial charge in [0.15, 0.2) is 0 Å². The van der Waals surface area contributed by atoms with Gasteiger partial charge in [-0.05, 0) is 31.0 Å². The first-order valence-corrected chi connectivity index (χ1v) is 6.68. The Balaban J connectivity index is 2.74. The van der Waals surface area contributed by atoms with Crippen molar-refractivity contribution in [2.45, 2.75) is 27.3 Å². The minimum Gasteiger partial charge on any atom is -0.367 e. The zero-order valence-electron chi connectivity index (χ0n) is 11.8. The Morgan fingerprint density at radius 3 is 2.89 bits per heavy atom. The second-order valence-corrected chi connectivity index (χ2v) is 4.86. The first-order chi connectivity index (χ1) is 8.69. The van der Waals surface area contributed by atoms with Crippen molar-refractivity contribution in [3.63, 3.8) is 0 Å². The molecule has 18 heavy (non-hydrogen) atoms. The molecule has 0 aliphatic rings. The first-order valence-electron chi connectivity index (χ1n) is 6.68. The number of aromatic nitrogens is 1. The van der Waals surface area contributed by atoms with E-state index in [4.69, 9.17) is 0 Å². The lowest BCUT2D eigenvalue weighted by atomic mass is 10.2. The zero-order chi connectivity index (χ0) is 13.4. The molecule has 0 atom stereocenters. The van der Waals surface area contributed by atoms with Crippen molar-refractivity contribution >= 4 is 5.69 Å². The Morgan fingerprint density at radius 2 is 2.28 bits per heavy atom. The highest BCUT2D eigenvalue weighted by molar-refractivity contribution is 5.52. The molecule has 0 aromatic carbocycles. The molecule has 1 heterocycles. The van der Waals surface area contributed by atoms with Crippen LogP contribution in [0.3, 0.4) is 0 Å². The molecule has 0 unspecified atom stereocenters. The lowest BCUT2D eigenvalue weighted by molar-refractivity contribution is 0.552. The fourth-order valence-corrected chi connectivity index (χ4v) is 1.90. The number of pyridine rings is 1. The van der Waals surface area contributed by atoms with Gasteiger partial charge in [-0.3, -0.25) is 4.98 Å². The van der Waals surface area contributed by atoms with Crippen molar-refractivity contribution in [3.05, 3.63) is 36.7 Å². The number of anilines is 1. The van der Waals surface area contributed by atoms with Crippen LogP contribution < -0.4 is 10.2 Å². The highest BCUT2D eigenvalue weighted by Crippen LogP contribution is 2.18. The Bertz CT molecular complexity index is 361. The molecule has 100 valence electrons. The van der Waals surface area contributed by atoms with Gasteiger partial charge in [0.2, 0.25) is 0 Å². The summed E-state index contributed by atoms with van der Waals surface area (Å²) in [6, 6.07) is 2.09. The van der Waals surface area contributed by atoms with Gasteiger partial charge in [0, 0.05) is 25.8 Å². The van der Waals surface area contributed by atoms with Crippen LogP contribution in [0.2, 0.25) is 0 Å². The highest BCUT2D eigenvalue weighted by Gasteiger charge is 2.08. The molecule has 3 heteroatoms. The zero-order valence-corrected chi connectivity index (χ0v) is 11.8. The maximum absolute atomic E-state index is 4.24. The summed E-state index contributed by atoms with van der Waals surface area (Å²) in [4.78, 5) is 6.52. The van der Waals surface area contributed by atoms with Crippen molar-refractivity contribution in [2.24, 2.45) is 5.92 Å². The summed E-state index contributed by atoms with van der Waals surface area (Å²) >= 11 is 0. The van der Waals surface area contributed by atoms with Gasteiger partial charge in [-0.1, -0.05) is 19.9 Å². The summed E-state index contributed by atoms with van der Waals surface area (Å²) < 4.78 is 0. The number of rotatable bonds is 8. The van der Waals surface area contributed by atoms with Crippen LogP contribution in [-0.2, 0) is 6.54 Å². The van der Waals surface area contributed by atoms with Gasteiger partial charge in [-0.2, -0.15) is 0 Å². The quantitative estimate of drug-likeness (QED) is 0.716. The Hall–Kier alpha value is -1.35. The molecule has 1 aromatic heterocycles. The smallest absolute Gasteiger partial charge is 0.0601 e. The third-order valence-electron chi connectivity index (χ3n) is 2.83. The van der Waals surface area contributed by atoms with Crippen LogP contribution in [-0.4, -0.2) is 24.6 Å². The van der Waals surface area contributed by atoms with Gasteiger partial charge < -0.3 is 10.2 Å². The van der Waals surface area contributed by atoms with E-state index in [0.717, 1.165) is 26.2 Å². The lowest BCUT2D eigenvalue weighted by Crippen LogP contribution is -2.26. The SMILES string of the molecule is C=CCN(CC)c1cnccc1CNCC(C)C. The average Bonchev–Trinajstić information content (AvgIpc) is 2.36. The van der Waals surface area contributed by atoms with E-state index in [0.29, 0.717) is 5.92 Å². The number of hydrogen-bond donors (Lipinski definition) is 1. The van der Waals surface area contributed by atoms with Crippen LogP contribution in [0.5, 0.6) is 0 Å². The molecule has 1 N–H and O–H groups in total. The molecule has 0 spiro atoms. The molecular formula is C15H25N3. The second-order valence-electron chi connectivity index (χ2n) is 4.86. The van der Waals surface area contributed by atoms with E-state index in [2.05, 4.69) is 48.6 Å². The van der Waals surface area contributed by atoms with Crippen molar-refractivity contribution in [1.29, 1.82) is 0 Å². The van der Waals surface area contributed by atoms with Crippen LogP contribution in [0.1, 0.15) is 26.3 Å². The van der Waals surface area contributed by atoms with E-state index >= 15 is 0 Å². The first kappa shape index (κ1) is 14.7. The van der Waals surface area contributed by atoms with Gasteiger partial charge >= 0.3 is 0 Å². The summed E-state index contributed by atoms with van der Waals surface area (Å²) in [5, 5.41) is 3.48. The van der Waals surface area contributed by atoms with E-state index < -0.39 is 0 Å². The number of nitrogens with one attached hydrogen (secondary N) is 1. The number of hydrogen-bond acceptors (Lipinski definition) is 3. The summed E-state index contributed by atoms with van der Waals surface area (Å²) in [5.74, 6) is 0.672. The Morgan fingerprint density at radius 1 is 1.50 bits per heavy atom. The fourth-order valence-electron chi connectivity index (χ4n) is 1.90. The number of likely N-dealkylation sites (N-methyl/N-ethyl adjacent to an activating group) is 1. The van der Waals surface area contributed by atoms with Crippen LogP contribution in [0, 0.1) is 5.92 Å². The summed E-state index contributed by atoms with van der Waals surface area (Å²) in [6.07, 6.45) is 5.73. The standard InChI is InChI=1S/C15H25N3/c1-5-9-18(6-2)15-12-16-8-7-14(15)11-17-10-13(3)4/h5,7-8,12-13,17H,1,6,9-11H2,2-4H3. The topological polar surface area (TPSA) is 28.2 Å². The summed E-state index contributed by atoms with van der Waals surface area (Å²) in [5.41, 5.74) is 2.51. The van der Waals surface area contributed by atoms with Gasteiger partial charge in [-0.25, -0.2) is 0 Å². The van der Waals surface area contributed by atoms with Gasteiger partial charge in [0.1, 0.15) is 0 Å². The molecule has 0 saturated carbocycles. The van der Waals surface area contributed by atoms with Gasteiger partial charge in [0.05, 0.1) is 11.9 Å². The van der Waals surface area contributed by atoms with Crippen LogP contribution in [0.15, 0.2) is 31.1 Å². The van der Waals surface area contributed by atoms with Crippen LogP contribution in [0.4, 0.5) is 5.69 Å². The maximum Gasteiger partial charge on any atom is 0.0601 e. The van der Waals surface area contributed by atoms with Gasteiger partial charge in [0.25, 0.3) is 0 Å². The normalized spacial score (nSPS) is 10.7. The maximum atomic E-state index is 4.24. The van der Waals surface area contributed by atoms with E-state index in [-0.39, 0.29) is 0 Å². The van der Waals surface area contributed by atoms with Crippen molar-refractivity contribution in [1.82, 2.24) is 10.3 Å². The van der Waals surface area contributed by atoms with Gasteiger partial charge in [-0.15, -0.1) is 6.58 Å². The summed E-state index contributed by atoms with van der Waals surface area (Å²) in [6.45, 7) is 14.2. The average molecular weight is 247 g/mol. The minimum atomic E-state index is 0.672. The van der Waals surface area contributed by atoms with Crippen molar-refractivity contribution in [3.8, 4) is 0 Å². The molecule has 0 aliphatic carbocycles. The fraction of sp³-hybridized carbons (Fsp3) is 0.533. The second kappa shape index (κ2) is 7.88. The van der Waals surface area contributed by atoms with Crippen LogP contribution in [0.25, 0.3) is 0 Å². The largest absolute Gasteiger partial charge is 0.367 e. The predicted molar refractivity (Wildman–Crippen MR) is 78.9 cm³/mol. The molecular weight excluding hydrogens is 222 g/mol. The number of nitrogens with zero attached hydrogens (tertiary/aromatic N) is 2. The molecule has 0 bridgehead atoms. The summed E-state index contributed by atoms with van der Waals surface area (Å²) in [7, 11) is 0. The van der Waals surface area contributed by atoms with Crippen LogP contribution >= 0.6 is 0 Å². The molecule has 0 saturated heterocycles. The van der Waals surface area contributed by atoms with Crippen molar-refractivity contribution in [2.75, 3.05) is 24.5 Å². The minimum absolute atomic E-state index is 0.672. The third kappa shape index (κ3) is 4.49. The van der Waals surface area contributed by atoms with E-state index in [9.17, 15) is 0 Å². The van der Waals surface area contributed by atoms with E-state index in [1.807, 2.05) is 18.5 Å². The molecule has 0 radical (unpaired) electrons. The third-order valence-corrected chi connectivity index (χ3v) is 2.83. The molecule has 1 aromatic rings. The molecule has 0 amide bonds.